The fourth-order valence-corrected chi connectivity index (χ4v) is 3.83. The van der Waals surface area contributed by atoms with Crippen LogP contribution >= 0.6 is 0 Å². The predicted octanol–water partition coefficient (Wildman–Crippen LogP) is 1.80. The van der Waals surface area contributed by atoms with Gasteiger partial charge in [-0.1, -0.05) is 6.07 Å². The zero-order valence-electron chi connectivity index (χ0n) is 17.2. The van der Waals surface area contributed by atoms with E-state index in [0.29, 0.717) is 19.4 Å². The summed E-state index contributed by atoms with van der Waals surface area (Å²) in [6.45, 7) is 5.81. The number of rotatable bonds is 5. The molecule has 30 heavy (non-hydrogen) atoms. The van der Waals surface area contributed by atoms with Crippen molar-refractivity contribution < 1.29 is 29.1 Å². The van der Waals surface area contributed by atoms with Crippen molar-refractivity contribution in [1.29, 1.82) is 0 Å². The van der Waals surface area contributed by atoms with Crippen LogP contribution in [0.25, 0.3) is 0 Å². The van der Waals surface area contributed by atoms with Crippen LogP contribution < -0.4 is 5.32 Å². The van der Waals surface area contributed by atoms with Crippen LogP contribution in [-0.4, -0.2) is 62.8 Å². The topological polar surface area (TPSA) is 124 Å². The minimum Gasteiger partial charge on any atom is -0.465 e. The monoisotopic (exact) mass is 415 g/mol. The van der Waals surface area contributed by atoms with Gasteiger partial charge in [0.15, 0.2) is 0 Å². The molecule has 0 saturated carbocycles. The van der Waals surface area contributed by atoms with Crippen molar-refractivity contribution in [3.63, 3.8) is 0 Å². The van der Waals surface area contributed by atoms with E-state index in [1.165, 1.54) is 4.90 Å². The number of piperidine rings is 1. The molecule has 2 N–H and O–H groups in total. The molecule has 9 heteroatoms. The Hall–Kier alpha value is -3.23. The summed E-state index contributed by atoms with van der Waals surface area (Å²) >= 11 is 0. The Morgan fingerprint density at radius 1 is 1.17 bits per heavy atom. The lowest BCUT2D eigenvalue weighted by Gasteiger charge is -2.33. The summed E-state index contributed by atoms with van der Waals surface area (Å²) in [7, 11) is 0. The van der Waals surface area contributed by atoms with E-state index in [-0.39, 0.29) is 24.0 Å². The van der Waals surface area contributed by atoms with Gasteiger partial charge in [0.05, 0.1) is 11.1 Å². The fraction of sp³-hybridized carbons (Fsp3) is 0.476. The number of carbonyl (C=O) groups is 5. The van der Waals surface area contributed by atoms with Gasteiger partial charge in [0.2, 0.25) is 11.8 Å². The Bertz CT molecular complexity index is 933. The minimum atomic E-state index is -0.991. The third-order valence-corrected chi connectivity index (χ3v) is 5.39. The summed E-state index contributed by atoms with van der Waals surface area (Å²) in [5.74, 6) is -2.15. The van der Waals surface area contributed by atoms with Gasteiger partial charge in [0, 0.05) is 18.5 Å². The van der Waals surface area contributed by atoms with Crippen molar-refractivity contribution in [2.45, 2.75) is 58.0 Å². The zero-order chi connectivity index (χ0) is 22.2. The van der Waals surface area contributed by atoms with E-state index in [1.807, 2.05) is 20.8 Å². The maximum atomic E-state index is 12.8. The highest BCUT2D eigenvalue weighted by Gasteiger charge is 2.44. The van der Waals surface area contributed by atoms with E-state index < -0.39 is 41.3 Å². The van der Waals surface area contributed by atoms with Crippen LogP contribution in [0.5, 0.6) is 0 Å². The largest absolute Gasteiger partial charge is 0.465 e. The molecule has 0 radical (unpaired) electrons. The number of benzene rings is 1. The van der Waals surface area contributed by atoms with E-state index in [4.69, 9.17) is 0 Å². The van der Waals surface area contributed by atoms with Gasteiger partial charge in [-0.05, 0) is 57.7 Å². The summed E-state index contributed by atoms with van der Waals surface area (Å²) in [5, 5.41) is 11.5. The standard InChI is InChI=1S/C21H25N3O6/c1-21(2,3)23(20(29)30)10-4-5-12-6-7-13-14(11-12)19(28)24(18(13)27)15-8-9-16(25)22-17(15)26/h6-7,11,15H,4-5,8-10H2,1-3H3,(H,29,30)(H,22,25,26). The summed E-state index contributed by atoms with van der Waals surface area (Å²) in [5.41, 5.74) is 0.747. The smallest absolute Gasteiger partial charge is 0.407 e. The Kier molecular flexibility index (Phi) is 5.65. The van der Waals surface area contributed by atoms with Crippen LogP contribution in [0.4, 0.5) is 4.79 Å². The Morgan fingerprint density at radius 3 is 2.43 bits per heavy atom. The van der Waals surface area contributed by atoms with Gasteiger partial charge in [-0.15, -0.1) is 0 Å². The summed E-state index contributed by atoms with van der Waals surface area (Å²) in [6, 6.07) is 3.94. The Balaban J connectivity index is 1.72. The van der Waals surface area contributed by atoms with Crippen molar-refractivity contribution in [3.05, 3.63) is 34.9 Å². The van der Waals surface area contributed by atoms with Crippen molar-refractivity contribution in [3.8, 4) is 0 Å². The first-order valence-corrected chi connectivity index (χ1v) is 9.86. The number of hydrogen-bond donors (Lipinski definition) is 2. The van der Waals surface area contributed by atoms with Gasteiger partial charge < -0.3 is 10.0 Å². The Morgan fingerprint density at radius 2 is 1.83 bits per heavy atom. The van der Waals surface area contributed by atoms with Gasteiger partial charge in [-0.3, -0.25) is 29.4 Å². The average Bonchev–Trinajstić information content (AvgIpc) is 2.88. The second-order valence-corrected chi connectivity index (χ2v) is 8.54. The lowest BCUT2D eigenvalue weighted by Crippen LogP contribution is -2.54. The van der Waals surface area contributed by atoms with Crippen LogP contribution in [0.15, 0.2) is 18.2 Å². The molecule has 1 atom stereocenters. The average molecular weight is 415 g/mol. The second kappa shape index (κ2) is 7.89. The van der Waals surface area contributed by atoms with E-state index in [0.717, 1.165) is 10.5 Å². The number of aryl methyl sites for hydroxylation is 1. The van der Waals surface area contributed by atoms with E-state index >= 15 is 0 Å². The van der Waals surface area contributed by atoms with Crippen LogP contribution in [-0.2, 0) is 16.0 Å². The molecule has 5 amide bonds. The number of fused-ring (bicyclic) bond motifs is 1. The van der Waals surface area contributed by atoms with Crippen LogP contribution in [0.3, 0.4) is 0 Å². The second-order valence-electron chi connectivity index (χ2n) is 8.54. The van der Waals surface area contributed by atoms with Crippen molar-refractivity contribution >= 4 is 29.7 Å². The first-order valence-electron chi connectivity index (χ1n) is 9.86. The number of hydrogen-bond acceptors (Lipinski definition) is 5. The molecule has 2 heterocycles. The maximum Gasteiger partial charge on any atom is 0.407 e. The van der Waals surface area contributed by atoms with Gasteiger partial charge in [-0.2, -0.15) is 0 Å². The zero-order valence-corrected chi connectivity index (χ0v) is 17.2. The SMILES string of the molecule is CC(C)(C)N(CCCc1ccc2c(c1)C(=O)N(C1CCC(=O)NC1=O)C2=O)C(=O)O. The van der Waals surface area contributed by atoms with E-state index in [1.54, 1.807) is 18.2 Å². The molecule has 2 aliphatic heterocycles. The van der Waals surface area contributed by atoms with Crippen LogP contribution in [0.1, 0.15) is 66.3 Å². The molecule has 1 saturated heterocycles. The first-order chi connectivity index (χ1) is 14.0. The molecule has 0 spiro atoms. The highest BCUT2D eigenvalue weighted by atomic mass is 16.4. The maximum absolute atomic E-state index is 12.8. The predicted molar refractivity (Wildman–Crippen MR) is 106 cm³/mol. The number of carbonyl (C=O) groups excluding carboxylic acids is 4. The molecule has 0 bridgehead atoms. The molecule has 0 aliphatic carbocycles. The van der Waals surface area contributed by atoms with E-state index in [2.05, 4.69) is 5.32 Å². The number of imide groups is 2. The first kappa shape index (κ1) is 21.5. The summed E-state index contributed by atoms with van der Waals surface area (Å²) in [4.78, 5) is 62.7. The van der Waals surface area contributed by atoms with E-state index in [9.17, 15) is 29.1 Å². The quantitative estimate of drug-likeness (QED) is 0.707. The molecule has 1 aromatic rings. The van der Waals surface area contributed by atoms with Crippen molar-refractivity contribution in [2.75, 3.05) is 6.54 Å². The summed E-state index contributed by atoms with van der Waals surface area (Å²) < 4.78 is 0. The van der Waals surface area contributed by atoms with Gasteiger partial charge in [0.1, 0.15) is 6.04 Å². The fourth-order valence-electron chi connectivity index (χ4n) is 3.83. The number of nitrogens with one attached hydrogen (secondary N) is 1. The molecule has 2 aliphatic rings. The Labute approximate surface area is 174 Å². The van der Waals surface area contributed by atoms with Gasteiger partial charge in [-0.25, -0.2) is 4.79 Å². The van der Waals surface area contributed by atoms with Crippen molar-refractivity contribution in [2.24, 2.45) is 0 Å². The van der Waals surface area contributed by atoms with Gasteiger partial charge in [0.25, 0.3) is 11.8 Å². The molecule has 1 unspecified atom stereocenters. The highest BCUT2D eigenvalue weighted by molar-refractivity contribution is 6.23. The molecule has 1 fully saturated rings. The normalized spacial score (nSPS) is 19.0. The molecule has 1 aromatic carbocycles. The number of nitrogens with zero attached hydrogens (tertiary/aromatic N) is 2. The highest BCUT2D eigenvalue weighted by Crippen LogP contribution is 2.28. The van der Waals surface area contributed by atoms with Crippen LogP contribution in [0, 0.1) is 0 Å². The molecule has 160 valence electrons. The molecule has 0 aromatic heterocycles. The third kappa shape index (κ3) is 4.05. The van der Waals surface area contributed by atoms with Gasteiger partial charge >= 0.3 is 6.09 Å². The molecular weight excluding hydrogens is 390 g/mol. The number of carboxylic acid groups (broad SMARTS) is 1. The number of amides is 5. The third-order valence-electron chi connectivity index (χ3n) is 5.39. The molecule has 3 rings (SSSR count). The minimum absolute atomic E-state index is 0.0723. The van der Waals surface area contributed by atoms with Crippen LogP contribution in [0.2, 0.25) is 0 Å². The molecular formula is C21H25N3O6. The van der Waals surface area contributed by atoms with Crippen molar-refractivity contribution in [1.82, 2.24) is 15.1 Å². The molecule has 9 nitrogen and oxygen atoms in total. The summed E-state index contributed by atoms with van der Waals surface area (Å²) in [6.07, 6.45) is 0.287. The lowest BCUT2D eigenvalue weighted by molar-refractivity contribution is -0.136. The lowest BCUT2D eigenvalue weighted by atomic mass is 10.0.